The Balaban J connectivity index is 2.27. The number of hydrogen-bond donors (Lipinski definition) is 1. The molecular formula is C16H15Cl2N3O4. The van der Waals surface area contributed by atoms with E-state index in [1.807, 2.05) is 0 Å². The maximum absolute atomic E-state index is 11.3. The van der Waals surface area contributed by atoms with E-state index in [2.05, 4.69) is 10.5 Å². The minimum Gasteiger partial charge on any atom is -0.493 e. The molecule has 0 fully saturated rings. The van der Waals surface area contributed by atoms with Crippen molar-refractivity contribution in [3.63, 3.8) is 0 Å². The molecule has 1 N–H and O–H groups in total. The Bertz CT molecular complexity index is 812. The van der Waals surface area contributed by atoms with Crippen molar-refractivity contribution in [3.05, 3.63) is 56.1 Å². The van der Waals surface area contributed by atoms with E-state index >= 15 is 0 Å². The zero-order valence-corrected chi connectivity index (χ0v) is 15.0. The molecule has 0 bridgehead atoms. The number of nitro groups is 1. The van der Waals surface area contributed by atoms with Crippen LogP contribution in [0.15, 0.2) is 35.4 Å². The van der Waals surface area contributed by atoms with Crippen molar-refractivity contribution < 1.29 is 14.4 Å². The average molecular weight is 384 g/mol. The van der Waals surface area contributed by atoms with Crippen molar-refractivity contribution in [2.75, 3.05) is 19.1 Å². The number of benzene rings is 2. The number of anilines is 1. The number of nitrogens with one attached hydrogen (secondary N) is 1. The highest BCUT2D eigenvalue weighted by molar-refractivity contribution is 6.42. The molecule has 0 saturated heterocycles. The normalized spacial score (nSPS) is 10.7. The average Bonchev–Trinajstić information content (AvgIpc) is 2.58. The first kappa shape index (κ1) is 18.8. The van der Waals surface area contributed by atoms with Crippen LogP contribution in [0.25, 0.3) is 0 Å². The molecule has 0 unspecified atom stereocenters. The molecule has 7 nitrogen and oxygen atoms in total. The second-order valence-electron chi connectivity index (χ2n) is 4.76. The number of nitrogens with zero attached hydrogens (tertiary/aromatic N) is 2. The van der Waals surface area contributed by atoms with Crippen molar-refractivity contribution in [2.24, 2.45) is 5.10 Å². The van der Waals surface area contributed by atoms with E-state index in [-0.39, 0.29) is 23.8 Å². The molecule has 0 radical (unpaired) electrons. The third-order valence-electron chi connectivity index (χ3n) is 3.09. The quantitative estimate of drug-likeness (QED) is 0.423. The van der Waals surface area contributed by atoms with Crippen molar-refractivity contribution >= 4 is 40.8 Å². The van der Waals surface area contributed by atoms with Gasteiger partial charge in [-0.3, -0.25) is 15.5 Å². The van der Waals surface area contributed by atoms with Gasteiger partial charge in [0.05, 0.1) is 40.6 Å². The summed E-state index contributed by atoms with van der Waals surface area (Å²) < 4.78 is 10.5. The van der Waals surface area contributed by atoms with Crippen molar-refractivity contribution in [2.45, 2.75) is 6.92 Å². The molecule has 0 aliphatic heterocycles. The predicted octanol–water partition coefficient (Wildman–Crippen LogP) is 4.75. The number of hydrazone groups is 1. The molecule has 0 saturated carbocycles. The van der Waals surface area contributed by atoms with Crippen LogP contribution in [0.1, 0.15) is 12.5 Å². The van der Waals surface area contributed by atoms with Gasteiger partial charge >= 0.3 is 5.69 Å². The van der Waals surface area contributed by atoms with Crippen LogP contribution in [0.5, 0.6) is 11.5 Å². The summed E-state index contributed by atoms with van der Waals surface area (Å²) in [5, 5.41) is 16.1. The van der Waals surface area contributed by atoms with E-state index < -0.39 is 4.92 Å². The molecule has 0 spiro atoms. The lowest BCUT2D eigenvalue weighted by molar-refractivity contribution is -0.385. The lowest BCUT2D eigenvalue weighted by Crippen LogP contribution is -2.02. The van der Waals surface area contributed by atoms with Crippen LogP contribution in [0.4, 0.5) is 11.4 Å². The van der Waals surface area contributed by atoms with Crippen LogP contribution in [-0.2, 0) is 0 Å². The van der Waals surface area contributed by atoms with Gasteiger partial charge in [0.15, 0.2) is 5.75 Å². The van der Waals surface area contributed by atoms with E-state index in [0.717, 1.165) is 0 Å². The molecule has 2 aromatic carbocycles. The maximum Gasteiger partial charge on any atom is 0.315 e. The summed E-state index contributed by atoms with van der Waals surface area (Å²) in [6, 6.07) is 7.90. The standard InChI is InChI=1S/C16H15Cl2N3O4/c1-3-25-16-14(21(22)23)6-10(7-15(16)24-2)9-19-20-11-4-5-12(17)13(18)8-11/h4-9,20H,3H2,1-2H3. The van der Waals surface area contributed by atoms with Gasteiger partial charge in [-0.2, -0.15) is 5.10 Å². The molecule has 9 heteroatoms. The minimum atomic E-state index is -0.531. The minimum absolute atomic E-state index is 0.0876. The van der Waals surface area contributed by atoms with Crippen LogP contribution < -0.4 is 14.9 Å². The zero-order valence-electron chi connectivity index (χ0n) is 13.5. The second-order valence-corrected chi connectivity index (χ2v) is 5.57. The Morgan fingerprint density at radius 3 is 2.64 bits per heavy atom. The Kier molecular flexibility index (Phi) is 6.44. The van der Waals surface area contributed by atoms with Gasteiger partial charge < -0.3 is 9.47 Å². The lowest BCUT2D eigenvalue weighted by Gasteiger charge is -2.10. The highest BCUT2D eigenvalue weighted by atomic mass is 35.5. The number of halogens is 2. The Hall–Kier alpha value is -2.51. The fourth-order valence-corrected chi connectivity index (χ4v) is 2.30. The summed E-state index contributed by atoms with van der Waals surface area (Å²) in [6.07, 6.45) is 1.42. The fraction of sp³-hybridized carbons (Fsp3) is 0.188. The summed E-state index contributed by atoms with van der Waals surface area (Å²) >= 11 is 11.8. The van der Waals surface area contributed by atoms with Gasteiger partial charge in [0.2, 0.25) is 5.75 Å². The molecule has 0 heterocycles. The third-order valence-corrected chi connectivity index (χ3v) is 3.83. The van der Waals surface area contributed by atoms with E-state index in [0.29, 0.717) is 21.3 Å². The van der Waals surface area contributed by atoms with Gasteiger partial charge in [-0.05, 0) is 31.2 Å². The second kappa shape index (κ2) is 8.55. The molecule has 132 valence electrons. The van der Waals surface area contributed by atoms with E-state index in [1.54, 1.807) is 31.2 Å². The van der Waals surface area contributed by atoms with Crippen LogP contribution >= 0.6 is 23.2 Å². The molecule has 2 aromatic rings. The van der Waals surface area contributed by atoms with Gasteiger partial charge in [-0.15, -0.1) is 0 Å². The highest BCUT2D eigenvalue weighted by Crippen LogP contribution is 2.38. The molecule has 0 amide bonds. The summed E-state index contributed by atoms with van der Waals surface area (Å²) in [5.41, 5.74) is 3.67. The largest absolute Gasteiger partial charge is 0.493 e. The summed E-state index contributed by atoms with van der Waals surface area (Å²) in [5.74, 6) is 0.344. The first-order valence-corrected chi connectivity index (χ1v) is 7.95. The number of rotatable bonds is 7. The maximum atomic E-state index is 11.3. The fourth-order valence-electron chi connectivity index (χ4n) is 2.01. The number of nitro benzene ring substituents is 1. The third kappa shape index (κ3) is 4.74. The molecule has 0 aliphatic rings. The van der Waals surface area contributed by atoms with Crippen LogP contribution in [-0.4, -0.2) is 24.9 Å². The van der Waals surface area contributed by atoms with Crippen LogP contribution in [0.3, 0.4) is 0 Å². The van der Waals surface area contributed by atoms with Crippen molar-refractivity contribution in [3.8, 4) is 11.5 Å². The van der Waals surface area contributed by atoms with Crippen LogP contribution in [0.2, 0.25) is 10.0 Å². The topological polar surface area (TPSA) is 86.0 Å². The Morgan fingerprint density at radius 1 is 1.28 bits per heavy atom. The predicted molar refractivity (Wildman–Crippen MR) is 98.5 cm³/mol. The van der Waals surface area contributed by atoms with Gasteiger partial charge in [-0.25, -0.2) is 0 Å². The summed E-state index contributed by atoms with van der Waals surface area (Å²) in [7, 11) is 1.41. The molecule has 0 atom stereocenters. The number of methoxy groups -OCH3 is 1. The van der Waals surface area contributed by atoms with Gasteiger partial charge in [0.1, 0.15) is 0 Å². The number of ether oxygens (including phenoxy) is 2. The summed E-state index contributed by atoms with van der Waals surface area (Å²) in [4.78, 5) is 10.7. The molecule has 2 rings (SSSR count). The van der Waals surface area contributed by atoms with Crippen molar-refractivity contribution in [1.29, 1.82) is 0 Å². The molecule has 0 aromatic heterocycles. The lowest BCUT2D eigenvalue weighted by atomic mass is 10.2. The Morgan fingerprint density at radius 2 is 2.04 bits per heavy atom. The first-order chi connectivity index (χ1) is 12.0. The van der Waals surface area contributed by atoms with E-state index in [1.165, 1.54) is 19.4 Å². The smallest absolute Gasteiger partial charge is 0.315 e. The molecular weight excluding hydrogens is 369 g/mol. The van der Waals surface area contributed by atoms with Gasteiger partial charge in [0.25, 0.3) is 0 Å². The van der Waals surface area contributed by atoms with Crippen LogP contribution in [0, 0.1) is 10.1 Å². The van der Waals surface area contributed by atoms with Crippen molar-refractivity contribution in [1.82, 2.24) is 0 Å². The zero-order chi connectivity index (χ0) is 18.4. The monoisotopic (exact) mass is 383 g/mol. The Labute approximate surface area is 154 Å². The molecule has 25 heavy (non-hydrogen) atoms. The van der Waals surface area contributed by atoms with E-state index in [9.17, 15) is 10.1 Å². The SMILES string of the molecule is CCOc1c(OC)cc(C=NNc2ccc(Cl)c(Cl)c2)cc1[N+](=O)[O-]. The van der Waals surface area contributed by atoms with Gasteiger partial charge in [0, 0.05) is 11.6 Å². The van der Waals surface area contributed by atoms with E-state index in [4.69, 9.17) is 32.7 Å². The molecule has 0 aliphatic carbocycles. The van der Waals surface area contributed by atoms with Gasteiger partial charge in [-0.1, -0.05) is 23.2 Å². The highest BCUT2D eigenvalue weighted by Gasteiger charge is 2.21. The first-order valence-electron chi connectivity index (χ1n) is 7.19. The summed E-state index contributed by atoms with van der Waals surface area (Å²) in [6.45, 7) is 2.02. The number of hydrogen-bond acceptors (Lipinski definition) is 6.